The van der Waals surface area contributed by atoms with Gasteiger partial charge >= 0.3 is 6.03 Å². The second-order valence-corrected chi connectivity index (χ2v) is 5.04. The monoisotopic (exact) mass is 293 g/mol. The zero-order chi connectivity index (χ0) is 15.8. The molecule has 0 fully saturated rings. The lowest BCUT2D eigenvalue weighted by molar-refractivity contribution is 0.262. The van der Waals surface area contributed by atoms with Crippen LogP contribution in [0.5, 0.6) is 0 Å². The highest BCUT2D eigenvalue weighted by Crippen LogP contribution is 2.15. The molecule has 0 aliphatic carbocycles. The van der Waals surface area contributed by atoms with Crippen molar-refractivity contribution < 1.29 is 4.79 Å². The van der Waals surface area contributed by atoms with Gasteiger partial charge in [-0.3, -0.25) is 0 Å². The molecule has 2 aromatic carbocycles. The summed E-state index contributed by atoms with van der Waals surface area (Å²) in [5.41, 5.74) is 2.93. The lowest BCUT2D eigenvalue weighted by atomic mass is 10.1. The fourth-order valence-electron chi connectivity index (χ4n) is 2.11. The minimum absolute atomic E-state index is 0.357. The lowest BCUT2D eigenvalue weighted by Gasteiger charge is -2.09. The van der Waals surface area contributed by atoms with E-state index in [0.717, 1.165) is 18.5 Å². The maximum Gasteiger partial charge on any atom is 0.323 e. The van der Waals surface area contributed by atoms with Gasteiger partial charge in [0.25, 0.3) is 0 Å². The molecule has 112 valence electrons. The normalized spacial score (nSPS) is 9.82. The maximum atomic E-state index is 12.0. The van der Waals surface area contributed by atoms with Crippen molar-refractivity contribution in [1.82, 2.24) is 0 Å². The number of carbonyl (C=O) groups excluding carboxylic acids is 1. The van der Waals surface area contributed by atoms with E-state index in [0.29, 0.717) is 11.3 Å². The third-order valence-corrected chi connectivity index (χ3v) is 3.33. The van der Waals surface area contributed by atoms with Crippen molar-refractivity contribution in [2.24, 2.45) is 0 Å². The number of rotatable bonds is 5. The van der Waals surface area contributed by atoms with Crippen LogP contribution in [-0.2, 0) is 6.42 Å². The molecule has 0 saturated carbocycles. The highest BCUT2D eigenvalue weighted by molar-refractivity contribution is 6.00. The van der Waals surface area contributed by atoms with Gasteiger partial charge in [0.05, 0.1) is 11.3 Å². The van der Waals surface area contributed by atoms with Crippen LogP contribution in [0.3, 0.4) is 0 Å². The van der Waals surface area contributed by atoms with Crippen molar-refractivity contribution in [2.75, 3.05) is 10.6 Å². The van der Waals surface area contributed by atoms with Crippen LogP contribution in [0.25, 0.3) is 0 Å². The molecule has 0 heterocycles. The summed E-state index contributed by atoms with van der Waals surface area (Å²) in [7, 11) is 0. The number of benzene rings is 2. The van der Waals surface area contributed by atoms with Gasteiger partial charge in [0.1, 0.15) is 6.07 Å². The number of aryl methyl sites for hydroxylation is 1. The fourth-order valence-corrected chi connectivity index (χ4v) is 2.11. The first-order valence-corrected chi connectivity index (χ1v) is 7.39. The third kappa shape index (κ3) is 4.35. The summed E-state index contributed by atoms with van der Waals surface area (Å²) in [5, 5.41) is 14.5. The molecule has 0 aliphatic heterocycles. The molecule has 0 saturated heterocycles. The Balaban J connectivity index is 1.96. The topological polar surface area (TPSA) is 64.9 Å². The highest BCUT2D eigenvalue weighted by atomic mass is 16.2. The van der Waals surface area contributed by atoms with Gasteiger partial charge in [-0.25, -0.2) is 4.79 Å². The molecule has 0 spiro atoms. The molecule has 0 radical (unpaired) electrons. The predicted octanol–water partition coefficient (Wildman–Crippen LogP) is 4.54. The largest absolute Gasteiger partial charge is 0.323 e. The summed E-state index contributed by atoms with van der Waals surface area (Å²) < 4.78 is 0. The van der Waals surface area contributed by atoms with Crippen LogP contribution >= 0.6 is 0 Å². The molecular formula is C18H19N3O. The van der Waals surface area contributed by atoms with E-state index in [-0.39, 0.29) is 6.03 Å². The van der Waals surface area contributed by atoms with E-state index in [4.69, 9.17) is 5.26 Å². The van der Waals surface area contributed by atoms with Crippen molar-refractivity contribution in [2.45, 2.75) is 26.2 Å². The summed E-state index contributed by atoms with van der Waals surface area (Å²) in [6.45, 7) is 2.17. The summed E-state index contributed by atoms with van der Waals surface area (Å²) in [6.07, 6.45) is 3.39. The Morgan fingerprint density at radius 3 is 2.50 bits per heavy atom. The third-order valence-electron chi connectivity index (χ3n) is 3.33. The van der Waals surface area contributed by atoms with Crippen LogP contribution in [0.2, 0.25) is 0 Å². The van der Waals surface area contributed by atoms with Gasteiger partial charge in [-0.15, -0.1) is 0 Å². The summed E-state index contributed by atoms with van der Waals surface area (Å²) in [4.78, 5) is 12.0. The average Bonchev–Trinajstić information content (AvgIpc) is 2.54. The number of carbonyl (C=O) groups is 1. The zero-order valence-corrected chi connectivity index (χ0v) is 12.6. The summed E-state index contributed by atoms with van der Waals surface area (Å²) in [5.74, 6) is 0. The molecule has 4 heteroatoms. The molecule has 2 amide bonds. The van der Waals surface area contributed by atoms with Gasteiger partial charge in [-0.05, 0) is 42.7 Å². The Kier molecular flexibility index (Phi) is 5.56. The van der Waals surface area contributed by atoms with E-state index < -0.39 is 0 Å². The van der Waals surface area contributed by atoms with Crippen LogP contribution in [0.1, 0.15) is 30.9 Å². The average molecular weight is 293 g/mol. The molecule has 0 unspecified atom stereocenters. The number of unbranched alkanes of at least 4 members (excludes halogenated alkanes) is 1. The van der Waals surface area contributed by atoms with Gasteiger partial charge in [-0.1, -0.05) is 37.6 Å². The Bertz CT molecular complexity index is 671. The van der Waals surface area contributed by atoms with Crippen LogP contribution in [-0.4, -0.2) is 6.03 Å². The van der Waals surface area contributed by atoms with Gasteiger partial charge in [-0.2, -0.15) is 5.26 Å². The molecule has 4 nitrogen and oxygen atoms in total. The first kappa shape index (κ1) is 15.6. The van der Waals surface area contributed by atoms with Gasteiger partial charge < -0.3 is 10.6 Å². The highest BCUT2D eigenvalue weighted by Gasteiger charge is 2.06. The van der Waals surface area contributed by atoms with E-state index in [1.807, 2.05) is 30.3 Å². The van der Waals surface area contributed by atoms with Crippen molar-refractivity contribution in [3.8, 4) is 6.07 Å². The first-order valence-electron chi connectivity index (χ1n) is 7.39. The maximum absolute atomic E-state index is 12.0. The van der Waals surface area contributed by atoms with E-state index in [1.165, 1.54) is 12.0 Å². The minimum Gasteiger partial charge on any atom is -0.308 e. The molecule has 0 bridgehead atoms. The molecule has 2 N–H and O–H groups in total. The second kappa shape index (κ2) is 7.84. The summed E-state index contributed by atoms with van der Waals surface area (Å²) in [6, 6.07) is 16.4. The number of nitrogens with zero attached hydrogens (tertiary/aromatic N) is 1. The number of anilines is 2. The Morgan fingerprint density at radius 2 is 1.82 bits per heavy atom. The minimum atomic E-state index is -0.357. The molecule has 2 rings (SSSR count). The zero-order valence-electron chi connectivity index (χ0n) is 12.6. The summed E-state index contributed by atoms with van der Waals surface area (Å²) >= 11 is 0. The van der Waals surface area contributed by atoms with Crippen LogP contribution in [0, 0.1) is 11.3 Å². The quantitative estimate of drug-likeness (QED) is 0.849. The van der Waals surface area contributed by atoms with Gasteiger partial charge in [0.2, 0.25) is 0 Å². The first-order chi connectivity index (χ1) is 10.7. The second-order valence-electron chi connectivity index (χ2n) is 5.04. The van der Waals surface area contributed by atoms with E-state index in [2.05, 4.69) is 17.6 Å². The molecule has 0 aliphatic rings. The van der Waals surface area contributed by atoms with Crippen LogP contribution in [0.15, 0.2) is 48.5 Å². The lowest BCUT2D eigenvalue weighted by Crippen LogP contribution is -2.19. The fraction of sp³-hybridized carbons (Fsp3) is 0.222. The SMILES string of the molecule is CCCCc1ccc(NC(=O)Nc2ccccc2C#N)cc1. The Morgan fingerprint density at radius 1 is 1.09 bits per heavy atom. The molecule has 22 heavy (non-hydrogen) atoms. The van der Waals surface area contributed by atoms with Crippen LogP contribution < -0.4 is 10.6 Å². The molecule has 0 atom stereocenters. The van der Waals surface area contributed by atoms with E-state index in [1.54, 1.807) is 24.3 Å². The smallest absolute Gasteiger partial charge is 0.308 e. The van der Waals surface area contributed by atoms with Crippen molar-refractivity contribution in [1.29, 1.82) is 5.26 Å². The Hall–Kier alpha value is -2.80. The molecule has 0 aromatic heterocycles. The van der Waals surface area contributed by atoms with Crippen LogP contribution in [0.4, 0.5) is 16.2 Å². The standard InChI is InChI=1S/C18H19N3O/c1-2-3-6-14-9-11-16(12-10-14)20-18(22)21-17-8-5-4-7-15(17)13-19/h4-5,7-12H,2-3,6H2,1H3,(H2,20,21,22). The predicted molar refractivity (Wildman–Crippen MR) is 88.9 cm³/mol. The van der Waals surface area contributed by atoms with Crippen molar-refractivity contribution in [3.63, 3.8) is 0 Å². The molecule has 2 aromatic rings. The van der Waals surface area contributed by atoms with E-state index >= 15 is 0 Å². The number of para-hydroxylation sites is 1. The number of urea groups is 1. The van der Waals surface area contributed by atoms with E-state index in [9.17, 15) is 4.79 Å². The molecular weight excluding hydrogens is 274 g/mol. The number of hydrogen-bond acceptors (Lipinski definition) is 2. The van der Waals surface area contributed by atoms with Gasteiger partial charge in [0.15, 0.2) is 0 Å². The number of nitriles is 1. The number of amides is 2. The van der Waals surface area contributed by atoms with Crippen molar-refractivity contribution >= 4 is 17.4 Å². The number of nitrogens with one attached hydrogen (secondary N) is 2. The van der Waals surface area contributed by atoms with Crippen molar-refractivity contribution in [3.05, 3.63) is 59.7 Å². The van der Waals surface area contributed by atoms with Gasteiger partial charge in [0, 0.05) is 5.69 Å². The Labute approximate surface area is 130 Å². The number of hydrogen-bond donors (Lipinski definition) is 2.